The van der Waals surface area contributed by atoms with Crippen LogP contribution in [0.5, 0.6) is 0 Å². The van der Waals surface area contributed by atoms with Gasteiger partial charge in [0, 0.05) is 32.1 Å². The lowest BCUT2D eigenvalue weighted by Gasteiger charge is -2.42. The molecule has 38 heavy (non-hydrogen) atoms. The normalized spacial score (nSPS) is 17.2. The summed E-state index contributed by atoms with van der Waals surface area (Å²) in [6.07, 6.45) is 9.18. The van der Waals surface area contributed by atoms with Crippen LogP contribution in [0.2, 0.25) is 0 Å². The predicted molar refractivity (Wildman–Crippen MR) is 156 cm³/mol. The SMILES string of the molecule is CCCCCCCCCC(=O)N1CCN(C(C)c2nc3ccccc3c(=O)n2-c2ccc(C)cc2)CC1C. The lowest BCUT2D eigenvalue weighted by molar-refractivity contribution is -0.136. The van der Waals surface area contributed by atoms with E-state index < -0.39 is 0 Å². The molecule has 1 aliphatic heterocycles. The fourth-order valence-electron chi connectivity index (χ4n) is 5.62. The Morgan fingerprint density at radius 1 is 0.974 bits per heavy atom. The third-order valence-electron chi connectivity index (χ3n) is 7.99. The molecule has 4 rings (SSSR count). The summed E-state index contributed by atoms with van der Waals surface area (Å²) in [7, 11) is 0. The molecule has 6 heteroatoms. The highest BCUT2D eigenvalue weighted by atomic mass is 16.2. The Morgan fingerprint density at radius 2 is 1.66 bits per heavy atom. The van der Waals surface area contributed by atoms with Gasteiger partial charge in [-0.25, -0.2) is 4.98 Å². The molecule has 1 saturated heterocycles. The van der Waals surface area contributed by atoms with Crippen LogP contribution in [0.4, 0.5) is 0 Å². The Balaban J connectivity index is 1.47. The summed E-state index contributed by atoms with van der Waals surface area (Å²) < 4.78 is 1.77. The van der Waals surface area contributed by atoms with E-state index in [0.717, 1.165) is 48.5 Å². The van der Waals surface area contributed by atoms with Crippen LogP contribution >= 0.6 is 0 Å². The fraction of sp³-hybridized carbons (Fsp3) is 0.531. The number of aromatic nitrogens is 2. The summed E-state index contributed by atoms with van der Waals surface area (Å²) in [6, 6.07) is 15.7. The Morgan fingerprint density at radius 3 is 2.37 bits per heavy atom. The molecule has 1 amide bonds. The highest BCUT2D eigenvalue weighted by molar-refractivity contribution is 5.78. The zero-order chi connectivity index (χ0) is 27.1. The number of hydrogen-bond donors (Lipinski definition) is 0. The molecule has 0 bridgehead atoms. The first-order valence-electron chi connectivity index (χ1n) is 14.5. The second kappa shape index (κ2) is 13.2. The smallest absolute Gasteiger partial charge is 0.266 e. The van der Waals surface area contributed by atoms with Crippen molar-refractivity contribution >= 4 is 16.8 Å². The lowest BCUT2D eigenvalue weighted by atomic mass is 10.1. The molecule has 204 valence electrons. The molecular weight excluding hydrogens is 472 g/mol. The number of nitrogens with zero attached hydrogens (tertiary/aromatic N) is 4. The lowest BCUT2D eigenvalue weighted by Crippen LogP contribution is -2.54. The minimum Gasteiger partial charge on any atom is -0.337 e. The van der Waals surface area contributed by atoms with Crippen LogP contribution in [0.25, 0.3) is 16.6 Å². The van der Waals surface area contributed by atoms with Gasteiger partial charge in [0.05, 0.1) is 22.6 Å². The maximum Gasteiger partial charge on any atom is 0.266 e. The van der Waals surface area contributed by atoms with Crippen molar-refractivity contribution in [2.75, 3.05) is 19.6 Å². The van der Waals surface area contributed by atoms with Crippen molar-refractivity contribution in [1.82, 2.24) is 19.4 Å². The second-order valence-electron chi connectivity index (χ2n) is 10.9. The standard InChI is InChI=1S/C32H44N4O2/c1-5-6-7-8-9-10-11-16-30(37)35-22-21-34(23-25(35)3)26(4)31-33-29-15-13-12-14-28(29)32(38)36(31)27-19-17-24(2)18-20-27/h12-15,17-20,25-26H,5-11,16,21-23H2,1-4H3. The fourth-order valence-corrected chi connectivity index (χ4v) is 5.62. The number of amides is 1. The predicted octanol–water partition coefficient (Wildman–Crippen LogP) is 6.43. The molecule has 1 fully saturated rings. The van der Waals surface area contributed by atoms with E-state index in [1.54, 1.807) is 4.57 Å². The first-order chi connectivity index (χ1) is 18.4. The molecule has 1 aliphatic rings. The van der Waals surface area contributed by atoms with Crippen molar-refractivity contribution in [3.05, 3.63) is 70.3 Å². The highest BCUT2D eigenvalue weighted by Gasteiger charge is 2.31. The maximum absolute atomic E-state index is 13.7. The Hall–Kier alpha value is -2.99. The number of piperazine rings is 1. The maximum atomic E-state index is 13.7. The van der Waals surface area contributed by atoms with E-state index in [9.17, 15) is 9.59 Å². The van der Waals surface area contributed by atoms with Gasteiger partial charge in [0.1, 0.15) is 5.82 Å². The number of unbranched alkanes of at least 4 members (excludes halogenated alkanes) is 6. The van der Waals surface area contributed by atoms with Crippen molar-refractivity contribution < 1.29 is 4.79 Å². The number of benzene rings is 2. The van der Waals surface area contributed by atoms with E-state index in [4.69, 9.17) is 4.98 Å². The molecule has 2 heterocycles. The van der Waals surface area contributed by atoms with Crippen LogP contribution in [-0.4, -0.2) is 50.9 Å². The molecular formula is C32H44N4O2. The number of fused-ring (bicyclic) bond motifs is 1. The topological polar surface area (TPSA) is 58.4 Å². The quantitative estimate of drug-likeness (QED) is 0.276. The minimum atomic E-state index is -0.0727. The number of hydrogen-bond acceptors (Lipinski definition) is 4. The summed E-state index contributed by atoms with van der Waals surface area (Å²) in [5.74, 6) is 1.02. The van der Waals surface area contributed by atoms with Gasteiger partial charge in [-0.15, -0.1) is 0 Å². The van der Waals surface area contributed by atoms with Gasteiger partial charge in [-0.05, 0) is 51.5 Å². The van der Waals surface area contributed by atoms with Crippen LogP contribution in [0.15, 0.2) is 53.3 Å². The van der Waals surface area contributed by atoms with E-state index in [-0.39, 0.29) is 23.6 Å². The van der Waals surface area contributed by atoms with Crippen molar-refractivity contribution in [2.24, 2.45) is 0 Å². The number of para-hydroxylation sites is 1. The van der Waals surface area contributed by atoms with Crippen LogP contribution in [0, 0.1) is 6.92 Å². The summed E-state index contributed by atoms with van der Waals surface area (Å²) in [6.45, 7) is 10.8. The Bertz CT molecular complexity index is 1270. The molecule has 0 spiro atoms. The van der Waals surface area contributed by atoms with Crippen molar-refractivity contribution in [1.29, 1.82) is 0 Å². The van der Waals surface area contributed by atoms with Gasteiger partial charge in [0.2, 0.25) is 5.91 Å². The largest absolute Gasteiger partial charge is 0.337 e. The highest BCUT2D eigenvalue weighted by Crippen LogP contribution is 2.26. The summed E-state index contributed by atoms with van der Waals surface area (Å²) in [5.41, 5.74) is 2.66. The van der Waals surface area contributed by atoms with E-state index in [1.807, 2.05) is 55.5 Å². The summed E-state index contributed by atoms with van der Waals surface area (Å²) >= 11 is 0. The van der Waals surface area contributed by atoms with E-state index in [1.165, 1.54) is 32.1 Å². The Kier molecular flexibility index (Phi) is 9.73. The summed E-state index contributed by atoms with van der Waals surface area (Å²) in [5, 5.41) is 0.623. The van der Waals surface area contributed by atoms with E-state index >= 15 is 0 Å². The molecule has 2 atom stereocenters. The van der Waals surface area contributed by atoms with Gasteiger partial charge in [0.25, 0.3) is 5.56 Å². The molecule has 2 unspecified atom stereocenters. The average molecular weight is 517 g/mol. The van der Waals surface area contributed by atoms with Gasteiger partial charge in [0.15, 0.2) is 0 Å². The van der Waals surface area contributed by atoms with Gasteiger partial charge in [-0.1, -0.05) is 75.3 Å². The van der Waals surface area contributed by atoms with Crippen molar-refractivity contribution in [3.8, 4) is 5.69 Å². The third kappa shape index (κ3) is 6.52. The van der Waals surface area contributed by atoms with Gasteiger partial charge in [-0.3, -0.25) is 19.1 Å². The van der Waals surface area contributed by atoms with Gasteiger partial charge in [-0.2, -0.15) is 0 Å². The first-order valence-corrected chi connectivity index (χ1v) is 14.5. The van der Waals surface area contributed by atoms with Crippen molar-refractivity contribution in [3.63, 3.8) is 0 Å². The molecule has 0 radical (unpaired) electrons. The van der Waals surface area contributed by atoms with Crippen LogP contribution in [0.3, 0.4) is 0 Å². The second-order valence-corrected chi connectivity index (χ2v) is 10.9. The number of aryl methyl sites for hydroxylation is 1. The minimum absolute atomic E-state index is 0.0436. The van der Waals surface area contributed by atoms with Gasteiger partial charge >= 0.3 is 0 Å². The average Bonchev–Trinajstić information content (AvgIpc) is 2.92. The van der Waals surface area contributed by atoms with E-state index in [2.05, 4.69) is 30.6 Å². The molecule has 2 aromatic carbocycles. The van der Waals surface area contributed by atoms with Gasteiger partial charge < -0.3 is 4.90 Å². The first kappa shape index (κ1) is 28.0. The molecule has 1 aromatic heterocycles. The van der Waals surface area contributed by atoms with E-state index in [0.29, 0.717) is 18.4 Å². The van der Waals surface area contributed by atoms with Crippen LogP contribution in [-0.2, 0) is 4.79 Å². The Labute approximate surface area is 227 Å². The number of carbonyl (C=O) groups excluding carboxylic acids is 1. The zero-order valence-corrected chi connectivity index (χ0v) is 23.7. The molecule has 3 aromatic rings. The molecule has 0 N–H and O–H groups in total. The monoisotopic (exact) mass is 516 g/mol. The summed E-state index contributed by atoms with van der Waals surface area (Å²) in [4.78, 5) is 36.1. The van der Waals surface area contributed by atoms with Crippen LogP contribution in [0.1, 0.15) is 89.6 Å². The third-order valence-corrected chi connectivity index (χ3v) is 7.99. The van der Waals surface area contributed by atoms with Crippen LogP contribution < -0.4 is 5.56 Å². The van der Waals surface area contributed by atoms with Crippen molar-refractivity contribution in [2.45, 2.75) is 91.1 Å². The number of carbonyl (C=O) groups is 1. The zero-order valence-electron chi connectivity index (χ0n) is 23.7. The molecule has 0 aliphatic carbocycles. The molecule has 6 nitrogen and oxygen atoms in total. The number of rotatable bonds is 11. The molecule has 0 saturated carbocycles.